The number of anilines is 1. The Kier molecular flexibility index (Phi) is 8.27. The second kappa shape index (κ2) is 11.8. The number of carbonyl (C=O) groups is 2. The minimum atomic E-state index is -0.417. The third-order valence-corrected chi connectivity index (χ3v) is 8.74. The highest BCUT2D eigenvalue weighted by atomic mass is 32.1. The van der Waals surface area contributed by atoms with Gasteiger partial charge in [0.25, 0.3) is 11.8 Å². The molecule has 1 N–H and O–H groups in total. The van der Waals surface area contributed by atoms with E-state index in [0.29, 0.717) is 23.8 Å². The van der Waals surface area contributed by atoms with Crippen molar-refractivity contribution in [1.82, 2.24) is 24.8 Å². The molecule has 4 aromatic rings. The van der Waals surface area contributed by atoms with Gasteiger partial charge in [0.05, 0.1) is 10.3 Å². The highest BCUT2D eigenvalue weighted by Crippen LogP contribution is 2.42. The fourth-order valence-electron chi connectivity index (χ4n) is 4.32. The Labute approximate surface area is 241 Å². The first kappa shape index (κ1) is 27.9. The lowest BCUT2D eigenvalue weighted by Crippen LogP contribution is -2.36. The Hall–Kier alpha value is -3.64. The molecule has 1 aromatic carbocycles. The van der Waals surface area contributed by atoms with Crippen molar-refractivity contribution in [2.24, 2.45) is 0 Å². The number of nitrogens with zero attached hydrogens (tertiary/aromatic N) is 5. The predicted molar refractivity (Wildman–Crippen MR) is 162 cm³/mol. The van der Waals surface area contributed by atoms with Crippen LogP contribution in [-0.4, -0.2) is 84.0 Å². The maximum atomic E-state index is 12.6. The van der Waals surface area contributed by atoms with Gasteiger partial charge >= 0.3 is 0 Å². The first-order chi connectivity index (χ1) is 19.2. The quantitative estimate of drug-likeness (QED) is 0.252. The van der Waals surface area contributed by atoms with Gasteiger partial charge in [-0.25, -0.2) is 9.97 Å². The average molecular weight is 577 g/mol. The van der Waals surface area contributed by atoms with Crippen molar-refractivity contribution in [1.29, 1.82) is 0 Å². The van der Waals surface area contributed by atoms with E-state index in [0.717, 1.165) is 61.5 Å². The molecule has 1 aliphatic rings. The number of hydrazine groups is 1. The summed E-state index contributed by atoms with van der Waals surface area (Å²) in [7, 11) is 6.25. The minimum Gasteiger partial charge on any atom is -0.492 e. The van der Waals surface area contributed by atoms with Gasteiger partial charge in [0.1, 0.15) is 17.2 Å². The lowest BCUT2D eigenvalue weighted by Gasteiger charge is -2.19. The smallest absolute Gasteiger partial charge is 0.275 e. The molecule has 3 aromatic heterocycles. The number of carbonyl (C=O) groups excluding carboxylic acids is 2. The Morgan fingerprint density at radius 3 is 2.42 bits per heavy atom. The van der Waals surface area contributed by atoms with Crippen molar-refractivity contribution >= 4 is 50.5 Å². The number of aryl methyl sites for hydroxylation is 1. The van der Waals surface area contributed by atoms with Gasteiger partial charge < -0.3 is 14.5 Å². The van der Waals surface area contributed by atoms with E-state index >= 15 is 0 Å². The van der Waals surface area contributed by atoms with Crippen LogP contribution >= 0.6 is 22.7 Å². The molecule has 9 nitrogen and oxygen atoms in total. The Morgan fingerprint density at radius 2 is 1.77 bits per heavy atom. The molecule has 0 saturated heterocycles. The van der Waals surface area contributed by atoms with Crippen molar-refractivity contribution in [3.8, 4) is 26.9 Å². The molecule has 5 rings (SSSR count). The molecule has 0 radical (unpaired) electrons. The zero-order valence-electron chi connectivity index (χ0n) is 23.2. The van der Waals surface area contributed by atoms with E-state index in [9.17, 15) is 9.59 Å². The van der Waals surface area contributed by atoms with Crippen LogP contribution in [0, 0.1) is 6.92 Å². The SMILES string of the molecule is CC1=CC(=O)N(Nc2nc(-c3cccs3)nc3sc(-c4ccc(OCCN(C)CCN(C)C)cc4)c(C)c23)C1=O. The number of ether oxygens (including phenoxy) is 1. The molecular formula is C29H32N6O3S2. The molecule has 208 valence electrons. The van der Waals surface area contributed by atoms with Crippen molar-refractivity contribution in [3.63, 3.8) is 0 Å². The Morgan fingerprint density at radius 1 is 1.00 bits per heavy atom. The second-order valence-corrected chi connectivity index (χ2v) is 12.0. The van der Waals surface area contributed by atoms with Crippen molar-refractivity contribution in [2.45, 2.75) is 13.8 Å². The number of amides is 2. The summed E-state index contributed by atoms with van der Waals surface area (Å²) in [5.74, 6) is 0.985. The van der Waals surface area contributed by atoms with E-state index in [-0.39, 0.29) is 5.91 Å². The number of fused-ring (bicyclic) bond motifs is 1. The number of hydrogen-bond donors (Lipinski definition) is 1. The fraction of sp³-hybridized carbons (Fsp3) is 0.310. The molecule has 0 atom stereocenters. The normalized spacial score (nSPS) is 13.7. The zero-order chi connectivity index (χ0) is 28.4. The van der Waals surface area contributed by atoms with Crippen LogP contribution in [0.5, 0.6) is 5.75 Å². The van der Waals surface area contributed by atoms with Gasteiger partial charge in [-0.2, -0.15) is 5.01 Å². The molecule has 0 aliphatic carbocycles. The number of nitrogens with one attached hydrogen (secondary N) is 1. The van der Waals surface area contributed by atoms with Crippen LogP contribution in [0.4, 0.5) is 5.82 Å². The monoisotopic (exact) mass is 576 g/mol. The van der Waals surface area contributed by atoms with Gasteiger partial charge in [0, 0.05) is 36.2 Å². The summed E-state index contributed by atoms with van der Waals surface area (Å²) in [6.07, 6.45) is 1.32. The number of rotatable bonds is 11. The van der Waals surface area contributed by atoms with Crippen LogP contribution in [0.1, 0.15) is 12.5 Å². The highest BCUT2D eigenvalue weighted by Gasteiger charge is 2.30. The number of likely N-dealkylation sites (N-methyl/N-ethyl adjacent to an activating group) is 2. The van der Waals surface area contributed by atoms with E-state index in [1.165, 1.54) is 17.4 Å². The van der Waals surface area contributed by atoms with Crippen LogP contribution < -0.4 is 10.2 Å². The van der Waals surface area contributed by atoms with Gasteiger partial charge in [0.15, 0.2) is 11.6 Å². The van der Waals surface area contributed by atoms with Crippen molar-refractivity contribution < 1.29 is 14.3 Å². The van der Waals surface area contributed by atoms with Crippen LogP contribution in [0.15, 0.2) is 53.4 Å². The van der Waals surface area contributed by atoms with Crippen molar-refractivity contribution in [3.05, 3.63) is 59.0 Å². The molecule has 4 heterocycles. The molecular weight excluding hydrogens is 544 g/mol. The topological polar surface area (TPSA) is 90.9 Å². The lowest BCUT2D eigenvalue weighted by atomic mass is 10.1. The molecule has 0 spiro atoms. The Balaban J connectivity index is 1.40. The zero-order valence-corrected chi connectivity index (χ0v) is 24.9. The maximum Gasteiger partial charge on any atom is 0.275 e. The minimum absolute atomic E-state index is 0.381. The largest absolute Gasteiger partial charge is 0.492 e. The van der Waals surface area contributed by atoms with E-state index in [1.54, 1.807) is 18.3 Å². The third kappa shape index (κ3) is 5.92. The fourth-order valence-corrected chi connectivity index (χ4v) is 6.16. The summed E-state index contributed by atoms with van der Waals surface area (Å²) in [6, 6.07) is 12.0. The van der Waals surface area contributed by atoms with Crippen LogP contribution in [0.3, 0.4) is 0 Å². The van der Waals surface area contributed by atoms with Gasteiger partial charge in [-0.3, -0.25) is 15.0 Å². The van der Waals surface area contributed by atoms with Gasteiger partial charge in [0.2, 0.25) is 0 Å². The third-order valence-electron chi connectivity index (χ3n) is 6.64. The standard InChI is InChI=1S/C29H32N6O3S2/c1-18-17-23(36)35(29(18)37)32-27-24-19(2)25(40-28(24)31-26(30-27)22-7-6-16-39-22)20-8-10-21(11-9-20)38-15-14-34(5)13-12-33(3)4/h6-11,16-17H,12-15H2,1-5H3,(H,30,31,32). The first-order valence-electron chi connectivity index (χ1n) is 13.0. The van der Waals surface area contributed by atoms with Crippen molar-refractivity contribution in [2.75, 3.05) is 52.8 Å². The maximum absolute atomic E-state index is 12.6. The summed E-state index contributed by atoms with van der Waals surface area (Å²) in [5, 5.41) is 3.76. The van der Waals surface area contributed by atoms with E-state index in [4.69, 9.17) is 14.7 Å². The average Bonchev–Trinajstić information content (AvgIpc) is 3.64. The number of thiophene rings is 2. The van der Waals surface area contributed by atoms with E-state index < -0.39 is 5.91 Å². The number of hydrogen-bond acceptors (Lipinski definition) is 10. The summed E-state index contributed by atoms with van der Waals surface area (Å²) >= 11 is 3.09. The number of imide groups is 1. The summed E-state index contributed by atoms with van der Waals surface area (Å²) in [5.41, 5.74) is 5.38. The molecule has 11 heteroatoms. The summed E-state index contributed by atoms with van der Waals surface area (Å²) < 4.78 is 5.99. The molecule has 40 heavy (non-hydrogen) atoms. The Bertz CT molecular complexity index is 1560. The molecule has 0 bridgehead atoms. The van der Waals surface area contributed by atoms with E-state index in [2.05, 4.69) is 36.4 Å². The van der Waals surface area contributed by atoms with E-state index in [1.807, 2.05) is 48.7 Å². The summed E-state index contributed by atoms with van der Waals surface area (Å²) in [6.45, 7) is 7.10. The summed E-state index contributed by atoms with van der Waals surface area (Å²) in [4.78, 5) is 41.8. The molecule has 0 unspecified atom stereocenters. The van der Waals surface area contributed by atoms with Gasteiger partial charge in [-0.1, -0.05) is 6.07 Å². The highest BCUT2D eigenvalue weighted by molar-refractivity contribution is 7.22. The van der Waals surface area contributed by atoms with Crippen LogP contribution in [-0.2, 0) is 9.59 Å². The lowest BCUT2D eigenvalue weighted by molar-refractivity contribution is -0.135. The number of aromatic nitrogens is 2. The first-order valence-corrected chi connectivity index (χ1v) is 14.7. The van der Waals surface area contributed by atoms with Gasteiger partial charge in [-0.15, -0.1) is 22.7 Å². The molecule has 0 fully saturated rings. The predicted octanol–water partition coefficient (Wildman–Crippen LogP) is 4.91. The molecule has 2 amide bonds. The van der Waals surface area contributed by atoms with Crippen LogP contribution in [0.2, 0.25) is 0 Å². The number of benzene rings is 1. The molecule has 1 aliphatic heterocycles. The van der Waals surface area contributed by atoms with Crippen LogP contribution in [0.25, 0.3) is 31.4 Å². The second-order valence-electron chi connectivity index (χ2n) is 10.0. The molecule has 0 saturated carbocycles. The van der Waals surface area contributed by atoms with Gasteiger partial charge in [-0.05, 0) is 81.8 Å².